The molecule has 0 saturated heterocycles. The van der Waals surface area contributed by atoms with Crippen molar-refractivity contribution in [1.29, 1.82) is 0 Å². The van der Waals surface area contributed by atoms with Gasteiger partial charge in [-0.25, -0.2) is 4.79 Å². The molecule has 182 valence electrons. The number of rotatable bonds is 11. The second kappa shape index (κ2) is 13.2. The normalized spacial score (nSPS) is 11.9. The van der Waals surface area contributed by atoms with Crippen LogP contribution in [0.4, 0.5) is 5.69 Å². The van der Waals surface area contributed by atoms with Crippen molar-refractivity contribution in [2.75, 3.05) is 12.4 Å². The molecule has 6 nitrogen and oxygen atoms in total. The highest BCUT2D eigenvalue weighted by Crippen LogP contribution is 2.25. The zero-order valence-corrected chi connectivity index (χ0v) is 21.3. The Labute approximate surface area is 218 Å². The number of nitrogens with one attached hydrogen (secondary N) is 3. The third kappa shape index (κ3) is 8.64. The summed E-state index contributed by atoms with van der Waals surface area (Å²) in [4.78, 5) is 25.1. The number of hydrogen-bond acceptors (Lipinski definition) is 5. The molecule has 0 aromatic heterocycles. The molecule has 1 amide bonds. The lowest BCUT2D eigenvalue weighted by Crippen LogP contribution is -2.40. The van der Waals surface area contributed by atoms with Crippen molar-refractivity contribution in [1.82, 2.24) is 10.0 Å². The number of carboxylic acid groups (broad SMARTS) is 1. The van der Waals surface area contributed by atoms with Crippen LogP contribution in [0.3, 0.4) is 0 Å². The van der Waals surface area contributed by atoms with Crippen LogP contribution < -0.4 is 15.4 Å². The van der Waals surface area contributed by atoms with Gasteiger partial charge in [-0.05, 0) is 72.0 Å². The molecule has 1 atom stereocenters. The highest BCUT2D eigenvalue weighted by Gasteiger charge is 2.19. The second-order valence-corrected chi connectivity index (χ2v) is 9.44. The molecule has 0 spiro atoms. The maximum atomic E-state index is 12.6. The monoisotopic (exact) mass is 529 g/mol. The summed E-state index contributed by atoms with van der Waals surface area (Å²) >= 11 is 13.4. The SMILES string of the molecule is CNc1ccc(/C=C/CC(NC(=O)c2ccc(CNSc3cc(Cl)cc(Cl)c3)cc2)C(=O)O)cc1. The Kier molecular flexibility index (Phi) is 10.0. The molecule has 3 aromatic carbocycles. The summed E-state index contributed by atoms with van der Waals surface area (Å²) in [6.45, 7) is 0.550. The summed E-state index contributed by atoms with van der Waals surface area (Å²) in [6, 6.07) is 19.0. The quantitative estimate of drug-likeness (QED) is 0.224. The third-order valence-electron chi connectivity index (χ3n) is 5.00. The van der Waals surface area contributed by atoms with E-state index in [0.29, 0.717) is 22.2 Å². The number of amides is 1. The van der Waals surface area contributed by atoms with Gasteiger partial charge in [0.15, 0.2) is 0 Å². The number of carbonyl (C=O) groups excluding carboxylic acids is 1. The second-order valence-electron chi connectivity index (χ2n) is 7.60. The molecular weight excluding hydrogens is 505 g/mol. The Hall–Kier alpha value is -2.97. The van der Waals surface area contributed by atoms with E-state index in [0.717, 1.165) is 21.7 Å². The lowest BCUT2D eigenvalue weighted by Gasteiger charge is -2.13. The highest BCUT2D eigenvalue weighted by molar-refractivity contribution is 7.97. The predicted octanol–water partition coefficient (Wildman–Crippen LogP) is 6.12. The number of hydrogen-bond donors (Lipinski definition) is 4. The Morgan fingerprint density at radius 1 is 1.00 bits per heavy atom. The van der Waals surface area contributed by atoms with Gasteiger partial charge in [0.2, 0.25) is 0 Å². The van der Waals surface area contributed by atoms with Crippen LogP contribution in [0.2, 0.25) is 10.0 Å². The van der Waals surface area contributed by atoms with Gasteiger partial charge in [-0.2, -0.15) is 0 Å². The molecule has 1 unspecified atom stereocenters. The molecule has 0 radical (unpaired) electrons. The molecule has 0 heterocycles. The minimum Gasteiger partial charge on any atom is -0.480 e. The van der Waals surface area contributed by atoms with E-state index in [1.54, 1.807) is 24.3 Å². The molecule has 4 N–H and O–H groups in total. The van der Waals surface area contributed by atoms with E-state index in [1.165, 1.54) is 11.9 Å². The Morgan fingerprint density at radius 3 is 2.26 bits per heavy atom. The first-order valence-electron chi connectivity index (χ1n) is 10.8. The van der Waals surface area contributed by atoms with Gasteiger partial charge in [-0.1, -0.05) is 59.6 Å². The Bertz CT molecular complexity index is 1170. The zero-order valence-electron chi connectivity index (χ0n) is 18.9. The number of carboxylic acids is 1. The van der Waals surface area contributed by atoms with Crippen molar-refractivity contribution in [3.05, 3.63) is 99.5 Å². The van der Waals surface area contributed by atoms with Crippen molar-refractivity contribution in [2.24, 2.45) is 0 Å². The molecule has 35 heavy (non-hydrogen) atoms. The van der Waals surface area contributed by atoms with Crippen LogP contribution in [0.1, 0.15) is 27.9 Å². The maximum absolute atomic E-state index is 12.6. The van der Waals surface area contributed by atoms with Crippen molar-refractivity contribution in [3.8, 4) is 0 Å². The number of aliphatic carboxylic acids is 1. The minimum absolute atomic E-state index is 0.168. The van der Waals surface area contributed by atoms with E-state index >= 15 is 0 Å². The van der Waals surface area contributed by atoms with Crippen LogP contribution in [0, 0.1) is 0 Å². The molecular formula is C26H25Cl2N3O3S. The summed E-state index contributed by atoms with van der Waals surface area (Å²) in [6.07, 6.45) is 3.74. The highest BCUT2D eigenvalue weighted by atomic mass is 35.5. The van der Waals surface area contributed by atoms with Gasteiger partial charge < -0.3 is 15.7 Å². The molecule has 3 rings (SSSR count). The van der Waals surface area contributed by atoms with Crippen molar-refractivity contribution in [2.45, 2.75) is 23.9 Å². The number of carbonyl (C=O) groups is 2. The van der Waals surface area contributed by atoms with E-state index in [2.05, 4.69) is 15.4 Å². The summed E-state index contributed by atoms with van der Waals surface area (Å²) in [5.74, 6) is -1.53. The van der Waals surface area contributed by atoms with Gasteiger partial charge in [0.25, 0.3) is 5.91 Å². The predicted molar refractivity (Wildman–Crippen MR) is 144 cm³/mol. The number of benzene rings is 3. The van der Waals surface area contributed by atoms with Crippen LogP contribution in [0.15, 0.2) is 77.7 Å². The minimum atomic E-state index is -1.09. The average Bonchev–Trinajstić information content (AvgIpc) is 2.83. The number of anilines is 1. The maximum Gasteiger partial charge on any atom is 0.326 e. The number of halogens is 2. The van der Waals surface area contributed by atoms with Crippen LogP contribution >= 0.6 is 35.1 Å². The van der Waals surface area contributed by atoms with E-state index < -0.39 is 17.9 Å². The zero-order chi connectivity index (χ0) is 25.2. The van der Waals surface area contributed by atoms with E-state index in [4.69, 9.17) is 23.2 Å². The lowest BCUT2D eigenvalue weighted by molar-refractivity contribution is -0.139. The van der Waals surface area contributed by atoms with Crippen molar-refractivity contribution >= 4 is 58.8 Å². The standard InChI is InChI=1S/C26H25Cl2N3O3S/c1-29-22-11-7-17(8-12-22)3-2-4-24(26(33)34)31-25(32)19-9-5-18(6-10-19)16-30-35-23-14-20(27)13-21(28)15-23/h2-3,5-15,24,29-30H,4,16H2,1H3,(H,31,32)(H,33,34)/b3-2+. The van der Waals surface area contributed by atoms with Crippen LogP contribution in [-0.2, 0) is 11.3 Å². The molecule has 0 aliphatic carbocycles. The molecule has 0 saturated carbocycles. The van der Waals surface area contributed by atoms with Crippen LogP contribution in [0.25, 0.3) is 6.08 Å². The Morgan fingerprint density at radius 2 is 1.66 bits per heavy atom. The van der Waals surface area contributed by atoms with Gasteiger partial charge in [0.05, 0.1) is 0 Å². The molecule has 3 aromatic rings. The summed E-state index contributed by atoms with van der Waals surface area (Å²) < 4.78 is 3.22. The molecule has 0 aliphatic heterocycles. The molecule has 0 aliphatic rings. The van der Waals surface area contributed by atoms with Gasteiger partial charge in [0, 0.05) is 39.8 Å². The van der Waals surface area contributed by atoms with Gasteiger partial charge in [-0.15, -0.1) is 0 Å². The lowest BCUT2D eigenvalue weighted by atomic mass is 10.1. The van der Waals surface area contributed by atoms with Crippen LogP contribution in [-0.4, -0.2) is 30.1 Å². The summed E-state index contributed by atoms with van der Waals surface area (Å²) in [5, 5.41) is 16.3. The topological polar surface area (TPSA) is 90.5 Å². The van der Waals surface area contributed by atoms with Crippen molar-refractivity contribution < 1.29 is 14.7 Å². The van der Waals surface area contributed by atoms with Gasteiger partial charge >= 0.3 is 5.97 Å². The summed E-state index contributed by atoms with van der Waals surface area (Å²) in [5.41, 5.74) is 3.29. The molecule has 0 fully saturated rings. The van der Waals surface area contributed by atoms with Gasteiger partial charge in [-0.3, -0.25) is 9.52 Å². The summed E-state index contributed by atoms with van der Waals surface area (Å²) in [7, 11) is 1.84. The molecule has 0 bridgehead atoms. The van der Waals surface area contributed by atoms with Gasteiger partial charge in [0.1, 0.15) is 6.04 Å². The van der Waals surface area contributed by atoms with Crippen molar-refractivity contribution in [3.63, 3.8) is 0 Å². The average molecular weight is 530 g/mol. The fourth-order valence-electron chi connectivity index (χ4n) is 3.13. The largest absolute Gasteiger partial charge is 0.480 e. The van der Waals surface area contributed by atoms with E-state index in [-0.39, 0.29) is 6.42 Å². The third-order valence-corrected chi connectivity index (χ3v) is 6.20. The smallest absolute Gasteiger partial charge is 0.326 e. The van der Waals surface area contributed by atoms with E-state index in [1.807, 2.05) is 61.7 Å². The first kappa shape index (κ1) is 26.6. The van der Waals surface area contributed by atoms with E-state index in [9.17, 15) is 14.7 Å². The molecule has 9 heteroatoms. The fourth-order valence-corrected chi connectivity index (χ4v) is 4.56. The first-order valence-corrected chi connectivity index (χ1v) is 12.3. The first-order chi connectivity index (χ1) is 16.8. The Balaban J connectivity index is 1.51. The fraction of sp³-hybridized carbons (Fsp3) is 0.154. The van der Waals surface area contributed by atoms with Crippen LogP contribution in [0.5, 0.6) is 0 Å².